The van der Waals surface area contributed by atoms with E-state index in [1.54, 1.807) is 0 Å². The van der Waals surface area contributed by atoms with Crippen molar-refractivity contribution in [2.24, 2.45) is 0 Å². The second kappa shape index (κ2) is 9.35. The molecule has 0 unspecified atom stereocenters. The molecule has 0 saturated heterocycles. The lowest BCUT2D eigenvalue weighted by molar-refractivity contribution is -0.137. The second-order valence-electron chi connectivity index (χ2n) is 7.60. The van der Waals surface area contributed by atoms with E-state index in [9.17, 15) is 14.7 Å². The SMILES string of the molecule is O=C(O)C[C@H](Cc1ccc(Br)cc1)NC(=O)OCC1c2ccccc2-c2ccccc21. The highest BCUT2D eigenvalue weighted by Gasteiger charge is 2.29. The third-order valence-corrected chi connectivity index (χ3v) is 6.01. The molecule has 1 atom stereocenters. The Bertz CT molecular complexity index is 1050. The van der Waals surface area contributed by atoms with Gasteiger partial charge in [-0.25, -0.2) is 4.79 Å². The van der Waals surface area contributed by atoms with E-state index in [4.69, 9.17) is 4.74 Å². The molecule has 3 aromatic rings. The Labute approximate surface area is 189 Å². The molecule has 0 spiro atoms. The van der Waals surface area contributed by atoms with Crippen LogP contribution in [0.1, 0.15) is 29.0 Å². The molecule has 0 saturated carbocycles. The maximum Gasteiger partial charge on any atom is 0.407 e. The number of carbonyl (C=O) groups excluding carboxylic acids is 1. The minimum atomic E-state index is -0.971. The molecule has 0 aromatic heterocycles. The number of hydrogen-bond donors (Lipinski definition) is 2. The summed E-state index contributed by atoms with van der Waals surface area (Å²) in [6.45, 7) is 0.192. The number of rotatable bonds is 7. The zero-order chi connectivity index (χ0) is 21.8. The van der Waals surface area contributed by atoms with Gasteiger partial charge in [-0.2, -0.15) is 0 Å². The normalized spacial score (nSPS) is 13.2. The fraction of sp³-hybridized carbons (Fsp3) is 0.200. The van der Waals surface area contributed by atoms with Crippen LogP contribution < -0.4 is 5.32 Å². The van der Waals surface area contributed by atoms with Gasteiger partial charge in [-0.15, -0.1) is 0 Å². The number of alkyl carbamates (subject to hydrolysis) is 1. The number of carbonyl (C=O) groups is 2. The van der Waals surface area contributed by atoms with E-state index in [0.717, 1.165) is 32.3 Å². The van der Waals surface area contributed by atoms with Crippen LogP contribution in [0.15, 0.2) is 77.3 Å². The van der Waals surface area contributed by atoms with Gasteiger partial charge < -0.3 is 15.2 Å². The van der Waals surface area contributed by atoms with Crippen molar-refractivity contribution in [3.63, 3.8) is 0 Å². The van der Waals surface area contributed by atoms with Crippen molar-refractivity contribution in [1.29, 1.82) is 0 Å². The largest absolute Gasteiger partial charge is 0.481 e. The van der Waals surface area contributed by atoms with Crippen LogP contribution in [0.5, 0.6) is 0 Å². The molecule has 1 aliphatic carbocycles. The molecule has 0 radical (unpaired) electrons. The zero-order valence-electron chi connectivity index (χ0n) is 16.8. The number of nitrogens with one attached hydrogen (secondary N) is 1. The molecule has 6 heteroatoms. The summed E-state index contributed by atoms with van der Waals surface area (Å²) >= 11 is 3.38. The van der Waals surface area contributed by atoms with Gasteiger partial charge >= 0.3 is 12.1 Å². The number of carboxylic acid groups (broad SMARTS) is 1. The summed E-state index contributed by atoms with van der Waals surface area (Å²) in [5.74, 6) is -1.01. The lowest BCUT2D eigenvalue weighted by Gasteiger charge is -2.19. The van der Waals surface area contributed by atoms with Crippen molar-refractivity contribution in [3.05, 3.63) is 94.0 Å². The van der Waals surface area contributed by atoms with E-state index >= 15 is 0 Å². The predicted molar refractivity (Wildman–Crippen MR) is 122 cm³/mol. The van der Waals surface area contributed by atoms with Gasteiger partial charge in [0.05, 0.1) is 6.42 Å². The Kier molecular flexibility index (Phi) is 6.37. The van der Waals surface area contributed by atoms with Gasteiger partial charge in [0.25, 0.3) is 0 Å². The number of fused-ring (bicyclic) bond motifs is 3. The average molecular weight is 480 g/mol. The first-order chi connectivity index (χ1) is 15.0. The minimum absolute atomic E-state index is 0.0393. The van der Waals surface area contributed by atoms with Crippen LogP contribution in [-0.4, -0.2) is 29.8 Å². The number of benzene rings is 3. The van der Waals surface area contributed by atoms with Crippen LogP contribution in [0, 0.1) is 0 Å². The summed E-state index contributed by atoms with van der Waals surface area (Å²) in [5, 5.41) is 12.0. The minimum Gasteiger partial charge on any atom is -0.481 e. The van der Waals surface area contributed by atoms with Gasteiger partial charge in [0.2, 0.25) is 0 Å². The summed E-state index contributed by atoms with van der Waals surface area (Å²) in [6, 6.07) is 23.3. The Balaban J connectivity index is 1.42. The molecular weight excluding hydrogens is 458 g/mol. The fourth-order valence-electron chi connectivity index (χ4n) is 4.10. The van der Waals surface area contributed by atoms with E-state index < -0.39 is 18.1 Å². The third-order valence-electron chi connectivity index (χ3n) is 5.48. The quantitative estimate of drug-likeness (QED) is 0.477. The molecule has 0 aliphatic heterocycles. The lowest BCUT2D eigenvalue weighted by atomic mass is 9.98. The first-order valence-corrected chi connectivity index (χ1v) is 10.9. The molecule has 31 heavy (non-hydrogen) atoms. The first-order valence-electron chi connectivity index (χ1n) is 10.1. The maximum atomic E-state index is 12.5. The van der Waals surface area contributed by atoms with Gasteiger partial charge in [0.15, 0.2) is 0 Å². The number of halogens is 1. The highest BCUT2D eigenvalue weighted by atomic mass is 79.9. The molecular formula is C25H22BrNO4. The van der Waals surface area contributed by atoms with Crippen LogP contribution in [-0.2, 0) is 16.0 Å². The van der Waals surface area contributed by atoms with Crippen molar-refractivity contribution < 1.29 is 19.4 Å². The smallest absolute Gasteiger partial charge is 0.407 e. The van der Waals surface area contributed by atoms with Crippen LogP contribution in [0.25, 0.3) is 11.1 Å². The fourth-order valence-corrected chi connectivity index (χ4v) is 4.36. The van der Waals surface area contributed by atoms with E-state index in [0.29, 0.717) is 6.42 Å². The summed E-state index contributed by atoms with van der Waals surface area (Å²) < 4.78 is 6.50. The molecule has 2 N–H and O–H groups in total. The highest BCUT2D eigenvalue weighted by Crippen LogP contribution is 2.44. The standard InChI is InChI=1S/C25H22BrNO4/c26-17-11-9-16(10-12-17)13-18(14-24(28)29)27-25(30)31-15-23-21-7-3-1-5-19(21)20-6-2-4-8-22(20)23/h1-12,18,23H,13-15H2,(H,27,30)(H,28,29)/t18-/m0/s1. The number of ether oxygens (including phenoxy) is 1. The number of carboxylic acids is 1. The molecule has 1 amide bonds. The number of amides is 1. The molecule has 4 rings (SSSR count). The molecule has 1 aliphatic rings. The maximum absolute atomic E-state index is 12.5. The average Bonchev–Trinajstić information content (AvgIpc) is 3.07. The molecule has 0 heterocycles. The van der Waals surface area contributed by atoms with Gasteiger partial charge in [-0.3, -0.25) is 4.79 Å². The number of hydrogen-bond acceptors (Lipinski definition) is 3. The zero-order valence-corrected chi connectivity index (χ0v) is 18.3. The lowest BCUT2D eigenvalue weighted by Crippen LogP contribution is -2.39. The predicted octanol–water partition coefficient (Wildman–Crippen LogP) is 5.37. The Morgan fingerprint density at radius 2 is 1.52 bits per heavy atom. The molecule has 0 fully saturated rings. The van der Waals surface area contributed by atoms with E-state index in [-0.39, 0.29) is 18.9 Å². The van der Waals surface area contributed by atoms with Gasteiger partial charge in [-0.1, -0.05) is 76.6 Å². The van der Waals surface area contributed by atoms with Crippen LogP contribution in [0.4, 0.5) is 4.79 Å². The van der Waals surface area contributed by atoms with Crippen molar-refractivity contribution in [3.8, 4) is 11.1 Å². The number of aliphatic carboxylic acids is 1. The van der Waals surface area contributed by atoms with Crippen molar-refractivity contribution in [2.45, 2.75) is 24.8 Å². The summed E-state index contributed by atoms with van der Waals surface area (Å²) in [4.78, 5) is 23.8. The van der Waals surface area contributed by atoms with Crippen molar-refractivity contribution >= 4 is 28.0 Å². The second-order valence-corrected chi connectivity index (χ2v) is 8.51. The topological polar surface area (TPSA) is 75.6 Å². The van der Waals surface area contributed by atoms with Crippen molar-refractivity contribution in [1.82, 2.24) is 5.32 Å². The molecule has 0 bridgehead atoms. The monoisotopic (exact) mass is 479 g/mol. The summed E-state index contributed by atoms with van der Waals surface area (Å²) in [7, 11) is 0. The van der Waals surface area contributed by atoms with E-state index in [1.807, 2.05) is 48.5 Å². The third kappa shape index (κ3) is 4.97. The highest BCUT2D eigenvalue weighted by molar-refractivity contribution is 9.10. The molecule has 3 aromatic carbocycles. The van der Waals surface area contributed by atoms with Gasteiger partial charge in [0, 0.05) is 16.4 Å². The van der Waals surface area contributed by atoms with E-state index in [2.05, 4.69) is 45.5 Å². The molecule has 158 valence electrons. The Hall–Kier alpha value is -3.12. The van der Waals surface area contributed by atoms with Crippen LogP contribution in [0.2, 0.25) is 0 Å². The Morgan fingerprint density at radius 3 is 2.10 bits per heavy atom. The van der Waals surface area contributed by atoms with E-state index in [1.165, 1.54) is 0 Å². The van der Waals surface area contributed by atoms with Crippen LogP contribution >= 0.6 is 15.9 Å². The van der Waals surface area contributed by atoms with Crippen molar-refractivity contribution in [2.75, 3.05) is 6.61 Å². The van der Waals surface area contributed by atoms with Gasteiger partial charge in [-0.05, 0) is 46.4 Å². The summed E-state index contributed by atoms with van der Waals surface area (Å²) in [5.41, 5.74) is 5.52. The Morgan fingerprint density at radius 1 is 0.935 bits per heavy atom. The van der Waals surface area contributed by atoms with Gasteiger partial charge in [0.1, 0.15) is 6.61 Å². The molecule has 5 nitrogen and oxygen atoms in total. The summed E-state index contributed by atoms with van der Waals surface area (Å²) in [6.07, 6.45) is -0.380. The first kappa shape index (κ1) is 21.1. The van der Waals surface area contributed by atoms with Crippen LogP contribution in [0.3, 0.4) is 0 Å².